The van der Waals surface area contributed by atoms with Crippen molar-refractivity contribution in [1.82, 2.24) is 10.3 Å². The topological polar surface area (TPSA) is 92.7 Å². The van der Waals surface area contributed by atoms with Gasteiger partial charge in [-0.05, 0) is 56.7 Å². The molecular weight excluding hydrogens is 440 g/mol. The Kier molecular flexibility index (Phi) is 8.89. The van der Waals surface area contributed by atoms with E-state index in [0.717, 1.165) is 16.8 Å². The number of benzene rings is 2. The number of methoxy groups -OCH3 is 1. The Labute approximate surface area is 206 Å². The highest BCUT2D eigenvalue weighted by molar-refractivity contribution is 6.04. The molecule has 0 saturated carbocycles. The first-order valence-electron chi connectivity index (χ1n) is 11.3. The highest BCUT2D eigenvalue weighted by atomic mass is 16.5. The highest BCUT2D eigenvalue weighted by Gasteiger charge is 2.16. The summed E-state index contributed by atoms with van der Waals surface area (Å²) >= 11 is 0. The van der Waals surface area contributed by atoms with Gasteiger partial charge >= 0.3 is 0 Å². The molecule has 35 heavy (non-hydrogen) atoms. The molecule has 1 heterocycles. The number of nitrogens with one attached hydrogen (secondary N) is 2. The molecule has 1 atom stereocenters. The van der Waals surface area contributed by atoms with Crippen molar-refractivity contribution in [3.63, 3.8) is 0 Å². The predicted octanol–water partition coefficient (Wildman–Crippen LogP) is 5.43. The van der Waals surface area contributed by atoms with E-state index >= 15 is 0 Å². The van der Waals surface area contributed by atoms with Crippen LogP contribution >= 0.6 is 0 Å². The maximum absolute atomic E-state index is 12.8. The number of amides is 2. The van der Waals surface area contributed by atoms with Crippen molar-refractivity contribution in [1.29, 1.82) is 0 Å². The fourth-order valence-corrected chi connectivity index (χ4v) is 3.47. The first kappa shape index (κ1) is 25.4. The number of hydrogen-bond acceptors (Lipinski definition) is 5. The first-order chi connectivity index (χ1) is 16.9. The molecule has 1 unspecified atom stereocenters. The quantitative estimate of drug-likeness (QED) is 0.305. The summed E-state index contributed by atoms with van der Waals surface area (Å²) in [6.07, 6.45) is 6.05. The molecule has 0 fully saturated rings. The maximum atomic E-state index is 12.8. The van der Waals surface area contributed by atoms with E-state index in [1.54, 1.807) is 43.7 Å². The van der Waals surface area contributed by atoms with Crippen LogP contribution in [0.25, 0.3) is 0 Å². The monoisotopic (exact) mass is 470 g/mol. The Morgan fingerprint density at radius 3 is 2.49 bits per heavy atom. The first-order valence-corrected chi connectivity index (χ1v) is 11.3. The molecule has 2 amide bonds. The number of aryl methyl sites for hydroxylation is 1. The Bertz CT molecular complexity index is 1200. The molecule has 7 nitrogen and oxygen atoms in total. The van der Waals surface area contributed by atoms with Crippen molar-refractivity contribution in [3.8, 4) is 5.75 Å². The molecule has 2 aromatic carbocycles. The lowest BCUT2D eigenvalue weighted by Crippen LogP contribution is -2.35. The number of carbonyl (C=O) groups is 2. The number of pyridine rings is 1. The molecule has 180 valence electrons. The van der Waals surface area contributed by atoms with E-state index in [4.69, 9.17) is 4.74 Å². The minimum Gasteiger partial charge on any atom is -0.496 e. The van der Waals surface area contributed by atoms with Gasteiger partial charge in [-0.25, -0.2) is 9.98 Å². The van der Waals surface area contributed by atoms with Crippen LogP contribution in [0.4, 0.5) is 11.5 Å². The van der Waals surface area contributed by atoms with E-state index in [9.17, 15) is 9.59 Å². The van der Waals surface area contributed by atoms with Gasteiger partial charge < -0.3 is 15.4 Å². The number of rotatable bonds is 10. The van der Waals surface area contributed by atoms with Crippen LogP contribution in [0.1, 0.15) is 44.7 Å². The Balaban J connectivity index is 1.59. The third-order valence-corrected chi connectivity index (χ3v) is 5.47. The minimum atomic E-state index is -0.238. The normalized spacial score (nSPS) is 11.6. The Morgan fingerprint density at radius 1 is 1.06 bits per heavy atom. The van der Waals surface area contributed by atoms with E-state index in [0.29, 0.717) is 35.5 Å². The molecule has 0 aliphatic rings. The van der Waals surface area contributed by atoms with Gasteiger partial charge in [0.25, 0.3) is 11.8 Å². The number of anilines is 1. The third kappa shape index (κ3) is 7.11. The zero-order chi connectivity index (χ0) is 25.2. The molecule has 1 aromatic heterocycles. The summed E-state index contributed by atoms with van der Waals surface area (Å²) in [4.78, 5) is 33.9. The Hall–Kier alpha value is -4.26. The van der Waals surface area contributed by atoms with Gasteiger partial charge in [-0.15, -0.1) is 6.58 Å². The lowest BCUT2D eigenvalue weighted by Gasteiger charge is -2.17. The van der Waals surface area contributed by atoms with Crippen LogP contribution in [0, 0.1) is 13.8 Å². The average molecular weight is 471 g/mol. The molecule has 0 radical (unpaired) electrons. The zero-order valence-electron chi connectivity index (χ0n) is 20.2. The van der Waals surface area contributed by atoms with E-state index in [2.05, 4.69) is 27.2 Å². The summed E-state index contributed by atoms with van der Waals surface area (Å²) in [5.41, 5.74) is 3.64. The summed E-state index contributed by atoms with van der Waals surface area (Å²) in [7, 11) is 1.58. The lowest BCUT2D eigenvalue weighted by atomic mass is 10.1. The molecule has 7 heteroatoms. The van der Waals surface area contributed by atoms with Crippen molar-refractivity contribution in [2.45, 2.75) is 32.7 Å². The molecule has 0 aliphatic carbocycles. The maximum Gasteiger partial charge on any atom is 0.257 e. The summed E-state index contributed by atoms with van der Waals surface area (Å²) in [6.45, 7) is 7.63. The molecule has 0 bridgehead atoms. The smallest absolute Gasteiger partial charge is 0.257 e. The Morgan fingerprint density at radius 2 is 1.83 bits per heavy atom. The fraction of sp³-hybridized carbons (Fsp3) is 0.214. The van der Waals surface area contributed by atoms with E-state index in [-0.39, 0.29) is 17.9 Å². The van der Waals surface area contributed by atoms with Crippen molar-refractivity contribution in [3.05, 3.63) is 95.7 Å². The number of aromatic nitrogens is 1. The van der Waals surface area contributed by atoms with Crippen LogP contribution < -0.4 is 15.4 Å². The van der Waals surface area contributed by atoms with Crippen LogP contribution in [-0.2, 0) is 0 Å². The number of ether oxygens (including phenoxy) is 1. The van der Waals surface area contributed by atoms with Crippen molar-refractivity contribution in [2.75, 3.05) is 12.4 Å². The predicted molar refractivity (Wildman–Crippen MR) is 140 cm³/mol. The molecule has 3 rings (SSSR count). The van der Waals surface area contributed by atoms with Crippen LogP contribution in [0.3, 0.4) is 0 Å². The van der Waals surface area contributed by atoms with E-state index in [1.165, 1.54) is 6.20 Å². The number of nitrogens with zero attached hydrogens (tertiary/aromatic N) is 2. The molecule has 2 N–H and O–H groups in total. The largest absolute Gasteiger partial charge is 0.496 e. The van der Waals surface area contributed by atoms with Gasteiger partial charge in [-0.2, -0.15) is 0 Å². The van der Waals surface area contributed by atoms with Crippen molar-refractivity contribution in [2.24, 2.45) is 4.99 Å². The molecule has 3 aromatic rings. The van der Waals surface area contributed by atoms with Crippen LogP contribution in [0.2, 0.25) is 0 Å². The zero-order valence-corrected chi connectivity index (χ0v) is 20.2. The summed E-state index contributed by atoms with van der Waals surface area (Å²) in [5.74, 6) is 0.730. The highest BCUT2D eigenvalue weighted by Crippen LogP contribution is 2.21. The third-order valence-electron chi connectivity index (χ3n) is 5.47. The van der Waals surface area contributed by atoms with Gasteiger partial charge in [0.05, 0.1) is 12.7 Å². The van der Waals surface area contributed by atoms with Crippen LogP contribution in [0.15, 0.2) is 78.4 Å². The SMILES string of the molecule is C=CCC(CC=Nc1ccc(C(=O)Nc2ccc(C)cc2)cn1)NC(=O)c1cccc(OC)c1C. The molecule has 0 saturated heterocycles. The average Bonchev–Trinajstić information content (AvgIpc) is 2.86. The second-order valence-electron chi connectivity index (χ2n) is 8.10. The number of hydrogen-bond donors (Lipinski definition) is 2. The second kappa shape index (κ2) is 12.3. The van der Waals surface area contributed by atoms with Crippen LogP contribution in [-0.4, -0.2) is 36.2 Å². The second-order valence-corrected chi connectivity index (χ2v) is 8.10. The summed E-state index contributed by atoms with van der Waals surface area (Å²) in [5, 5.41) is 5.88. The molecular formula is C28H30N4O3. The van der Waals surface area contributed by atoms with Gasteiger partial charge in [-0.1, -0.05) is 29.8 Å². The van der Waals surface area contributed by atoms with Crippen LogP contribution in [0.5, 0.6) is 5.75 Å². The summed E-state index contributed by atoms with van der Waals surface area (Å²) in [6, 6.07) is 16.2. The molecule has 0 aliphatic heterocycles. The standard InChI is InChI=1S/C28H30N4O3/c1-5-7-22(32-28(34)24-8-6-9-25(35-4)20(24)3)16-17-29-26-15-12-21(18-30-26)27(33)31-23-13-10-19(2)11-14-23/h5-6,8-15,17-18,22H,1,7,16H2,2-4H3,(H,31,33)(H,32,34). The van der Waals surface area contributed by atoms with Gasteiger partial charge in [0.1, 0.15) is 5.75 Å². The van der Waals surface area contributed by atoms with Crippen molar-refractivity contribution >= 4 is 29.5 Å². The van der Waals surface area contributed by atoms with Crippen molar-refractivity contribution < 1.29 is 14.3 Å². The minimum absolute atomic E-state index is 0.172. The van der Waals surface area contributed by atoms with E-state index < -0.39 is 0 Å². The van der Waals surface area contributed by atoms with Gasteiger partial charge in [0.2, 0.25) is 0 Å². The lowest BCUT2D eigenvalue weighted by molar-refractivity contribution is 0.0937. The summed E-state index contributed by atoms with van der Waals surface area (Å²) < 4.78 is 5.31. The number of carbonyl (C=O) groups excluding carboxylic acids is 2. The van der Waals surface area contributed by atoms with E-state index in [1.807, 2.05) is 44.2 Å². The van der Waals surface area contributed by atoms with Gasteiger partial charge in [0.15, 0.2) is 5.82 Å². The van der Waals surface area contributed by atoms with Gasteiger partial charge in [-0.3, -0.25) is 9.59 Å². The molecule has 0 spiro atoms. The fourth-order valence-electron chi connectivity index (χ4n) is 3.47. The van der Waals surface area contributed by atoms with Gasteiger partial charge in [0, 0.05) is 41.7 Å². The number of aliphatic imine (C=N–C) groups is 1.